The van der Waals surface area contributed by atoms with E-state index < -0.39 is 0 Å². The van der Waals surface area contributed by atoms with Crippen molar-refractivity contribution in [3.63, 3.8) is 0 Å². The van der Waals surface area contributed by atoms with Crippen LogP contribution in [0.25, 0.3) is 0 Å². The highest BCUT2D eigenvalue weighted by Crippen LogP contribution is 2.22. The lowest BCUT2D eigenvalue weighted by molar-refractivity contribution is 0.236. The van der Waals surface area contributed by atoms with Crippen molar-refractivity contribution in [3.8, 4) is 11.8 Å². The van der Waals surface area contributed by atoms with E-state index in [9.17, 15) is 0 Å². The molecule has 0 radical (unpaired) electrons. The Balaban J connectivity index is 2.52. The molecule has 1 aromatic carbocycles. The van der Waals surface area contributed by atoms with Crippen LogP contribution in [0, 0.1) is 16.7 Å². The fourth-order valence-corrected chi connectivity index (χ4v) is 2.13. The van der Waals surface area contributed by atoms with E-state index in [2.05, 4.69) is 25.2 Å². The van der Waals surface area contributed by atoms with Gasteiger partial charge in [0.2, 0.25) is 0 Å². The minimum Gasteiger partial charge on any atom is -0.495 e. The summed E-state index contributed by atoms with van der Waals surface area (Å²) in [6.45, 7) is 6.25. The summed E-state index contributed by atoms with van der Waals surface area (Å²) in [6.07, 6.45) is 1.83. The zero-order chi connectivity index (χ0) is 15.0. The third-order valence-electron chi connectivity index (χ3n) is 3.33. The molecule has 1 rings (SSSR count). The molecule has 0 heterocycles. The van der Waals surface area contributed by atoms with Gasteiger partial charge in [0, 0.05) is 19.7 Å². The summed E-state index contributed by atoms with van der Waals surface area (Å²) in [5.74, 6) is 0.617. The Morgan fingerprint density at radius 1 is 1.40 bits per heavy atom. The first-order valence-electron chi connectivity index (χ1n) is 6.91. The second-order valence-corrected chi connectivity index (χ2v) is 5.74. The normalized spacial score (nSPS) is 11.2. The average Bonchev–Trinajstić information content (AvgIpc) is 2.44. The monoisotopic (exact) mass is 276 g/mol. The largest absolute Gasteiger partial charge is 0.495 e. The Bertz CT molecular complexity index is 464. The number of hydrogen-bond acceptors (Lipinski definition) is 4. The molecule has 0 fully saturated rings. The predicted molar refractivity (Wildman–Crippen MR) is 79.5 cm³/mol. The fourth-order valence-electron chi connectivity index (χ4n) is 2.13. The molecule has 0 bridgehead atoms. The van der Waals surface area contributed by atoms with E-state index in [1.807, 2.05) is 12.1 Å². The standard InChI is InChI=1S/C16H24N2O2/c1-16(2,7-4-8-19)12-18-11-13-5-6-14(10-17)15(9-13)20-3/h5-6,9,18-19H,4,7-8,11-12H2,1-3H3. The van der Waals surface area contributed by atoms with E-state index in [1.165, 1.54) is 0 Å². The SMILES string of the molecule is COc1cc(CNCC(C)(C)CCCO)ccc1C#N. The van der Waals surface area contributed by atoms with Gasteiger partial charge in [0.1, 0.15) is 11.8 Å². The molecule has 0 amide bonds. The van der Waals surface area contributed by atoms with Gasteiger partial charge in [-0.3, -0.25) is 0 Å². The number of methoxy groups -OCH3 is 1. The summed E-state index contributed by atoms with van der Waals surface area (Å²) in [5, 5.41) is 21.2. The highest BCUT2D eigenvalue weighted by molar-refractivity contribution is 5.45. The molecule has 0 spiro atoms. The molecule has 4 heteroatoms. The first-order valence-corrected chi connectivity index (χ1v) is 6.91. The number of nitriles is 1. The van der Waals surface area contributed by atoms with Gasteiger partial charge < -0.3 is 15.2 Å². The fraction of sp³-hybridized carbons (Fsp3) is 0.562. The molecular formula is C16H24N2O2. The van der Waals surface area contributed by atoms with Gasteiger partial charge in [0.05, 0.1) is 12.7 Å². The van der Waals surface area contributed by atoms with Crippen LogP contribution >= 0.6 is 0 Å². The summed E-state index contributed by atoms with van der Waals surface area (Å²) >= 11 is 0. The van der Waals surface area contributed by atoms with E-state index >= 15 is 0 Å². The molecule has 0 aliphatic rings. The third kappa shape index (κ3) is 5.20. The van der Waals surface area contributed by atoms with Crippen molar-refractivity contribution < 1.29 is 9.84 Å². The molecule has 110 valence electrons. The van der Waals surface area contributed by atoms with Crippen LogP contribution < -0.4 is 10.1 Å². The van der Waals surface area contributed by atoms with Crippen molar-refractivity contribution in [2.75, 3.05) is 20.3 Å². The summed E-state index contributed by atoms with van der Waals surface area (Å²) in [5.41, 5.74) is 1.82. The van der Waals surface area contributed by atoms with Crippen molar-refractivity contribution in [3.05, 3.63) is 29.3 Å². The Hall–Kier alpha value is -1.57. The Morgan fingerprint density at radius 3 is 2.75 bits per heavy atom. The van der Waals surface area contributed by atoms with Crippen molar-refractivity contribution >= 4 is 0 Å². The topological polar surface area (TPSA) is 65.3 Å². The van der Waals surface area contributed by atoms with Gasteiger partial charge in [0.25, 0.3) is 0 Å². The molecule has 0 saturated carbocycles. The summed E-state index contributed by atoms with van der Waals surface area (Å²) in [4.78, 5) is 0. The van der Waals surface area contributed by atoms with Crippen LogP contribution in [0.4, 0.5) is 0 Å². The number of nitrogens with one attached hydrogen (secondary N) is 1. The van der Waals surface area contributed by atoms with Crippen molar-refractivity contribution in [2.45, 2.75) is 33.2 Å². The Kier molecular flexibility index (Phi) is 6.50. The second kappa shape index (κ2) is 7.88. The smallest absolute Gasteiger partial charge is 0.136 e. The van der Waals surface area contributed by atoms with Crippen LogP contribution in [0.15, 0.2) is 18.2 Å². The number of ether oxygens (including phenoxy) is 1. The molecule has 0 aliphatic heterocycles. The Labute approximate surface area is 121 Å². The molecule has 0 unspecified atom stereocenters. The van der Waals surface area contributed by atoms with Crippen LogP contribution in [-0.2, 0) is 6.54 Å². The van der Waals surface area contributed by atoms with Gasteiger partial charge in [-0.15, -0.1) is 0 Å². The van der Waals surface area contributed by atoms with E-state index in [0.29, 0.717) is 11.3 Å². The van der Waals surface area contributed by atoms with Gasteiger partial charge in [-0.1, -0.05) is 19.9 Å². The number of aliphatic hydroxyl groups is 1. The highest BCUT2D eigenvalue weighted by atomic mass is 16.5. The van der Waals surface area contributed by atoms with Crippen LogP contribution in [0.5, 0.6) is 5.75 Å². The van der Waals surface area contributed by atoms with Crippen LogP contribution in [0.1, 0.15) is 37.8 Å². The quantitative estimate of drug-likeness (QED) is 0.765. The van der Waals surface area contributed by atoms with Gasteiger partial charge in [-0.25, -0.2) is 0 Å². The number of benzene rings is 1. The number of nitrogens with zero attached hydrogens (tertiary/aromatic N) is 1. The van der Waals surface area contributed by atoms with Gasteiger partial charge >= 0.3 is 0 Å². The summed E-state index contributed by atoms with van der Waals surface area (Å²) in [7, 11) is 1.57. The molecule has 0 aromatic heterocycles. The first-order chi connectivity index (χ1) is 9.52. The summed E-state index contributed by atoms with van der Waals surface area (Å²) < 4.78 is 5.20. The lowest BCUT2D eigenvalue weighted by atomic mass is 9.88. The first kappa shape index (κ1) is 16.5. The van der Waals surface area contributed by atoms with Crippen LogP contribution in [-0.4, -0.2) is 25.4 Å². The molecular weight excluding hydrogens is 252 g/mol. The van der Waals surface area contributed by atoms with E-state index in [-0.39, 0.29) is 12.0 Å². The maximum atomic E-state index is 8.94. The molecule has 0 aliphatic carbocycles. The average molecular weight is 276 g/mol. The van der Waals surface area contributed by atoms with Gasteiger partial charge in [0.15, 0.2) is 0 Å². The minimum atomic E-state index is 0.166. The zero-order valence-corrected chi connectivity index (χ0v) is 12.6. The minimum absolute atomic E-state index is 0.166. The molecule has 2 N–H and O–H groups in total. The number of hydrogen-bond donors (Lipinski definition) is 2. The van der Waals surface area contributed by atoms with Crippen molar-refractivity contribution in [1.29, 1.82) is 5.26 Å². The Morgan fingerprint density at radius 2 is 2.15 bits per heavy atom. The maximum Gasteiger partial charge on any atom is 0.136 e. The van der Waals surface area contributed by atoms with Crippen LogP contribution in [0.3, 0.4) is 0 Å². The van der Waals surface area contributed by atoms with E-state index in [0.717, 1.165) is 31.5 Å². The summed E-state index contributed by atoms with van der Waals surface area (Å²) in [6, 6.07) is 7.73. The van der Waals surface area contributed by atoms with Crippen molar-refractivity contribution in [2.24, 2.45) is 5.41 Å². The van der Waals surface area contributed by atoms with Crippen molar-refractivity contribution in [1.82, 2.24) is 5.32 Å². The van der Waals surface area contributed by atoms with Crippen LogP contribution in [0.2, 0.25) is 0 Å². The molecule has 0 saturated heterocycles. The molecule has 20 heavy (non-hydrogen) atoms. The second-order valence-electron chi connectivity index (χ2n) is 5.74. The van der Waals surface area contributed by atoms with Gasteiger partial charge in [-0.2, -0.15) is 5.26 Å². The predicted octanol–water partition coefficient (Wildman–Crippen LogP) is 2.46. The number of rotatable bonds is 8. The lowest BCUT2D eigenvalue weighted by Crippen LogP contribution is -2.29. The zero-order valence-electron chi connectivity index (χ0n) is 12.6. The maximum absolute atomic E-state index is 8.94. The molecule has 4 nitrogen and oxygen atoms in total. The van der Waals surface area contributed by atoms with Gasteiger partial charge in [-0.05, 0) is 36.0 Å². The lowest BCUT2D eigenvalue weighted by Gasteiger charge is -2.24. The molecule has 1 aromatic rings. The third-order valence-corrected chi connectivity index (χ3v) is 3.33. The van der Waals surface area contributed by atoms with E-state index in [4.69, 9.17) is 15.1 Å². The highest BCUT2D eigenvalue weighted by Gasteiger charge is 2.16. The number of aliphatic hydroxyl groups excluding tert-OH is 1. The van der Waals surface area contributed by atoms with E-state index in [1.54, 1.807) is 13.2 Å². The molecule has 0 atom stereocenters.